The number of hydrogen-bond donors (Lipinski definition) is 0. The molecule has 2 unspecified atom stereocenters. The Morgan fingerprint density at radius 2 is 0.842 bits per heavy atom. The van der Waals surface area contributed by atoms with Gasteiger partial charge in [-0.2, -0.15) is 0 Å². The molecule has 0 spiro atoms. The fourth-order valence-corrected chi connectivity index (χ4v) is 2.61. The minimum Gasteiger partial charge on any atom is -0.368 e. The van der Waals surface area contributed by atoms with Gasteiger partial charge in [-0.15, -0.1) is 0 Å². The van der Waals surface area contributed by atoms with E-state index >= 15 is 0 Å². The molecule has 19 heavy (non-hydrogen) atoms. The number of rotatable bonds is 6. The van der Waals surface area contributed by atoms with Gasteiger partial charge in [-0.3, -0.25) is 0 Å². The van der Waals surface area contributed by atoms with Crippen LogP contribution in [0, 0.1) is 10.8 Å². The lowest BCUT2D eigenvalue weighted by Crippen LogP contribution is -2.54. The van der Waals surface area contributed by atoms with Gasteiger partial charge in [0.1, 0.15) is 0 Å². The quantitative estimate of drug-likeness (QED) is 0.557. The standard InChI is InChI=1S/C18H38O/c1-11-13-17(9,15(3,4)5)19-18(10,14-12-2)16(6,7)8/h11-14H2,1-10H3. The second-order valence-corrected chi connectivity index (χ2v) is 8.56. The first-order chi connectivity index (χ1) is 8.33. The lowest BCUT2D eigenvalue weighted by molar-refractivity contribution is -0.228. The summed E-state index contributed by atoms with van der Waals surface area (Å²) < 4.78 is 6.84. The molecule has 0 aliphatic rings. The van der Waals surface area contributed by atoms with E-state index < -0.39 is 0 Å². The van der Waals surface area contributed by atoms with Crippen LogP contribution in [-0.2, 0) is 4.74 Å². The van der Waals surface area contributed by atoms with E-state index in [1.54, 1.807) is 0 Å². The van der Waals surface area contributed by atoms with Crippen LogP contribution in [0.2, 0.25) is 0 Å². The van der Waals surface area contributed by atoms with Gasteiger partial charge in [-0.05, 0) is 37.5 Å². The van der Waals surface area contributed by atoms with Crippen LogP contribution < -0.4 is 0 Å². The van der Waals surface area contributed by atoms with Gasteiger partial charge in [0.05, 0.1) is 11.2 Å². The molecule has 0 radical (unpaired) electrons. The van der Waals surface area contributed by atoms with Gasteiger partial charge in [-0.1, -0.05) is 68.2 Å². The minimum atomic E-state index is -0.0705. The van der Waals surface area contributed by atoms with E-state index in [-0.39, 0.29) is 22.0 Å². The van der Waals surface area contributed by atoms with Crippen molar-refractivity contribution in [2.24, 2.45) is 10.8 Å². The van der Waals surface area contributed by atoms with Gasteiger partial charge in [0, 0.05) is 0 Å². The predicted octanol–water partition coefficient (Wildman–Crippen LogP) is 6.21. The first kappa shape index (κ1) is 19.0. The van der Waals surface area contributed by atoms with Crippen molar-refractivity contribution in [2.45, 2.75) is 106 Å². The SMILES string of the molecule is CCCC(C)(OC(C)(CCC)C(C)(C)C)C(C)(C)C. The number of ether oxygens (including phenoxy) is 1. The molecule has 0 aliphatic carbocycles. The molecule has 0 aromatic carbocycles. The molecular formula is C18H38O. The first-order valence-corrected chi connectivity index (χ1v) is 8.03. The van der Waals surface area contributed by atoms with Crippen molar-refractivity contribution in [2.75, 3.05) is 0 Å². The second kappa shape index (κ2) is 6.16. The van der Waals surface area contributed by atoms with E-state index in [0.29, 0.717) is 0 Å². The molecule has 0 saturated heterocycles. The Labute approximate surface area is 122 Å². The highest BCUT2D eigenvalue weighted by molar-refractivity contribution is 4.96. The average Bonchev–Trinajstić information content (AvgIpc) is 2.14. The zero-order chi connectivity index (χ0) is 15.5. The summed E-state index contributed by atoms with van der Waals surface area (Å²) in [6.07, 6.45) is 4.57. The molecule has 0 aromatic rings. The number of hydrogen-bond acceptors (Lipinski definition) is 1. The highest BCUT2D eigenvalue weighted by Gasteiger charge is 2.47. The van der Waals surface area contributed by atoms with Gasteiger partial charge < -0.3 is 4.74 Å². The Morgan fingerprint density at radius 3 is 1.00 bits per heavy atom. The molecule has 0 amide bonds. The van der Waals surface area contributed by atoms with Crippen molar-refractivity contribution in [1.29, 1.82) is 0 Å². The summed E-state index contributed by atoms with van der Waals surface area (Å²) >= 11 is 0. The fourth-order valence-electron chi connectivity index (χ4n) is 2.61. The maximum atomic E-state index is 6.84. The van der Waals surface area contributed by atoms with E-state index in [1.807, 2.05) is 0 Å². The molecule has 0 fully saturated rings. The highest BCUT2D eigenvalue weighted by Crippen LogP contribution is 2.46. The fraction of sp³-hybridized carbons (Fsp3) is 1.00. The molecule has 0 bridgehead atoms. The Balaban J connectivity index is 5.41. The zero-order valence-electron chi connectivity index (χ0n) is 15.2. The molecule has 0 aromatic heterocycles. The molecule has 1 heteroatoms. The predicted molar refractivity (Wildman–Crippen MR) is 86.6 cm³/mol. The highest BCUT2D eigenvalue weighted by atomic mass is 16.5. The zero-order valence-corrected chi connectivity index (χ0v) is 15.2. The van der Waals surface area contributed by atoms with Crippen LogP contribution >= 0.6 is 0 Å². The van der Waals surface area contributed by atoms with Crippen LogP contribution in [-0.4, -0.2) is 11.2 Å². The molecular weight excluding hydrogens is 232 g/mol. The van der Waals surface area contributed by atoms with E-state index in [0.717, 1.165) is 12.8 Å². The maximum absolute atomic E-state index is 6.84. The van der Waals surface area contributed by atoms with Crippen LogP contribution in [0.4, 0.5) is 0 Å². The molecule has 0 heterocycles. The first-order valence-electron chi connectivity index (χ1n) is 8.03. The summed E-state index contributed by atoms with van der Waals surface area (Å²) in [5, 5.41) is 0. The maximum Gasteiger partial charge on any atom is 0.0710 e. The Hall–Kier alpha value is -0.0400. The smallest absolute Gasteiger partial charge is 0.0710 e. The summed E-state index contributed by atoms with van der Waals surface area (Å²) in [6.45, 7) is 22.9. The Bertz CT molecular complexity index is 240. The van der Waals surface area contributed by atoms with Gasteiger partial charge in [0.15, 0.2) is 0 Å². The van der Waals surface area contributed by atoms with Crippen LogP contribution in [0.5, 0.6) is 0 Å². The van der Waals surface area contributed by atoms with Crippen LogP contribution in [0.3, 0.4) is 0 Å². The molecule has 0 N–H and O–H groups in total. The van der Waals surface area contributed by atoms with E-state index in [9.17, 15) is 0 Å². The van der Waals surface area contributed by atoms with Crippen molar-refractivity contribution in [1.82, 2.24) is 0 Å². The third-order valence-corrected chi connectivity index (χ3v) is 5.08. The summed E-state index contributed by atoms with van der Waals surface area (Å²) in [6, 6.07) is 0. The van der Waals surface area contributed by atoms with Crippen molar-refractivity contribution in [3.05, 3.63) is 0 Å². The van der Waals surface area contributed by atoms with Crippen LogP contribution in [0.1, 0.15) is 94.9 Å². The molecule has 1 nitrogen and oxygen atoms in total. The monoisotopic (exact) mass is 270 g/mol. The molecule has 0 aliphatic heterocycles. The Kier molecular flexibility index (Phi) is 6.15. The van der Waals surface area contributed by atoms with Gasteiger partial charge in [-0.25, -0.2) is 0 Å². The normalized spacial score (nSPS) is 19.9. The molecule has 2 atom stereocenters. The third kappa shape index (κ3) is 4.48. The topological polar surface area (TPSA) is 9.23 Å². The third-order valence-electron chi connectivity index (χ3n) is 5.08. The largest absolute Gasteiger partial charge is 0.368 e. The lowest BCUT2D eigenvalue weighted by atomic mass is 9.70. The molecule has 0 saturated carbocycles. The van der Waals surface area contributed by atoms with Crippen molar-refractivity contribution in [3.8, 4) is 0 Å². The second-order valence-electron chi connectivity index (χ2n) is 8.56. The van der Waals surface area contributed by atoms with Crippen LogP contribution in [0.15, 0.2) is 0 Å². The van der Waals surface area contributed by atoms with E-state index in [1.165, 1.54) is 12.8 Å². The van der Waals surface area contributed by atoms with Gasteiger partial charge >= 0.3 is 0 Å². The van der Waals surface area contributed by atoms with E-state index in [4.69, 9.17) is 4.74 Å². The van der Waals surface area contributed by atoms with Gasteiger partial charge in [0.2, 0.25) is 0 Å². The van der Waals surface area contributed by atoms with E-state index in [2.05, 4.69) is 69.2 Å². The summed E-state index contributed by atoms with van der Waals surface area (Å²) in [5.41, 5.74) is 0.171. The lowest BCUT2D eigenvalue weighted by Gasteiger charge is -2.52. The van der Waals surface area contributed by atoms with Crippen LogP contribution in [0.25, 0.3) is 0 Å². The Morgan fingerprint density at radius 1 is 0.579 bits per heavy atom. The summed E-state index contributed by atoms with van der Waals surface area (Å²) in [4.78, 5) is 0. The van der Waals surface area contributed by atoms with Crippen molar-refractivity contribution < 1.29 is 4.74 Å². The minimum absolute atomic E-state index is 0.0705. The average molecular weight is 271 g/mol. The van der Waals surface area contributed by atoms with Crippen molar-refractivity contribution >= 4 is 0 Å². The summed E-state index contributed by atoms with van der Waals surface area (Å²) in [5.74, 6) is 0. The summed E-state index contributed by atoms with van der Waals surface area (Å²) in [7, 11) is 0. The molecule has 0 rings (SSSR count). The van der Waals surface area contributed by atoms with Crippen molar-refractivity contribution in [3.63, 3.8) is 0 Å². The van der Waals surface area contributed by atoms with Gasteiger partial charge in [0.25, 0.3) is 0 Å². The molecule has 116 valence electrons.